The molecule has 0 unspecified atom stereocenters. The van der Waals surface area contributed by atoms with Crippen LogP contribution in [0.2, 0.25) is 0 Å². The number of nitrogen functional groups attached to an aromatic ring is 1. The zero-order valence-electron chi connectivity index (χ0n) is 23.4. The van der Waals surface area contributed by atoms with E-state index in [4.69, 9.17) is 15.2 Å². The molecule has 42 heavy (non-hydrogen) atoms. The number of aromatic nitrogens is 4. The number of halogens is 3. The summed E-state index contributed by atoms with van der Waals surface area (Å²) in [6, 6.07) is 8.31. The number of pyridine rings is 1. The lowest BCUT2D eigenvalue weighted by molar-refractivity contribution is -0.141. The number of fused-ring (bicyclic) bond motifs is 1. The summed E-state index contributed by atoms with van der Waals surface area (Å²) in [6.07, 6.45) is -2.48. The first-order valence-electron chi connectivity index (χ1n) is 13.3. The minimum Gasteiger partial charge on any atom is -0.444 e. The summed E-state index contributed by atoms with van der Waals surface area (Å²) in [5, 5.41) is 3.51. The van der Waals surface area contributed by atoms with E-state index in [1.54, 1.807) is 44.7 Å². The second-order valence-electron chi connectivity index (χ2n) is 10.9. The van der Waals surface area contributed by atoms with Crippen molar-refractivity contribution in [3.05, 3.63) is 48.4 Å². The fourth-order valence-corrected chi connectivity index (χ4v) is 5.53. The number of para-hydroxylation sites is 1. The third-order valence-electron chi connectivity index (χ3n) is 6.59. The first-order valence-corrected chi connectivity index (χ1v) is 14.1. The predicted octanol–water partition coefficient (Wildman–Crippen LogP) is 6.74. The molecule has 1 amide bonds. The molecule has 1 fully saturated rings. The number of carbonyl (C=O) groups is 1. The van der Waals surface area contributed by atoms with E-state index in [0.717, 1.165) is 17.2 Å². The molecule has 0 saturated carbocycles. The van der Waals surface area contributed by atoms with Gasteiger partial charge in [0.05, 0.1) is 16.4 Å². The highest BCUT2D eigenvalue weighted by Crippen LogP contribution is 2.36. The number of nitrogens with zero attached hydrogens (tertiary/aromatic N) is 5. The number of rotatable bonds is 6. The van der Waals surface area contributed by atoms with Gasteiger partial charge in [0.1, 0.15) is 29.0 Å². The van der Waals surface area contributed by atoms with E-state index in [9.17, 15) is 18.0 Å². The van der Waals surface area contributed by atoms with Crippen molar-refractivity contribution < 1.29 is 27.4 Å². The summed E-state index contributed by atoms with van der Waals surface area (Å²) < 4.78 is 53.4. The maximum absolute atomic E-state index is 13.7. The number of thiazole rings is 1. The highest BCUT2D eigenvalue weighted by molar-refractivity contribution is 7.22. The molecule has 3 N–H and O–H groups in total. The van der Waals surface area contributed by atoms with E-state index in [-0.39, 0.29) is 23.4 Å². The number of hydrogen-bond donors (Lipinski definition) is 2. The molecule has 4 aromatic rings. The third-order valence-corrected chi connectivity index (χ3v) is 7.44. The van der Waals surface area contributed by atoms with Crippen LogP contribution in [0.25, 0.3) is 21.5 Å². The van der Waals surface area contributed by atoms with Gasteiger partial charge in [-0.3, -0.25) is 0 Å². The Labute approximate surface area is 244 Å². The van der Waals surface area contributed by atoms with Gasteiger partial charge in [0.15, 0.2) is 10.9 Å². The molecule has 0 aliphatic carbocycles. The molecule has 0 bridgehead atoms. The number of ether oxygens (including phenoxy) is 2. The first-order chi connectivity index (χ1) is 19.8. The number of hydrogen-bond acceptors (Lipinski definition) is 10. The van der Waals surface area contributed by atoms with Crippen LogP contribution in [0.1, 0.15) is 46.2 Å². The molecule has 0 radical (unpaired) electrons. The number of nitrogens with two attached hydrogens (primary N) is 1. The van der Waals surface area contributed by atoms with Crippen molar-refractivity contribution >= 4 is 38.6 Å². The number of nitrogens with one attached hydrogen (secondary N) is 1. The van der Waals surface area contributed by atoms with Crippen LogP contribution in [0.4, 0.5) is 28.9 Å². The van der Waals surface area contributed by atoms with Crippen LogP contribution in [0.15, 0.2) is 42.7 Å². The molecular formula is C28H30F3N7O3S. The average molecular weight is 602 g/mol. The van der Waals surface area contributed by atoms with Crippen LogP contribution >= 0.6 is 11.3 Å². The van der Waals surface area contributed by atoms with Gasteiger partial charge in [-0.25, -0.2) is 24.7 Å². The van der Waals surface area contributed by atoms with Crippen molar-refractivity contribution in [1.82, 2.24) is 24.8 Å². The fourth-order valence-electron chi connectivity index (χ4n) is 4.78. The Kier molecular flexibility index (Phi) is 7.84. The normalized spacial score (nSPS) is 16.5. The summed E-state index contributed by atoms with van der Waals surface area (Å²) in [5.41, 5.74) is 5.27. The molecular weight excluding hydrogens is 571 g/mol. The molecule has 2 atom stereocenters. The summed E-state index contributed by atoms with van der Waals surface area (Å²) in [4.78, 5) is 31.1. The third kappa shape index (κ3) is 6.48. The molecule has 222 valence electrons. The molecule has 14 heteroatoms. The van der Waals surface area contributed by atoms with E-state index in [0.29, 0.717) is 34.9 Å². The molecule has 1 aliphatic heterocycles. The van der Waals surface area contributed by atoms with Crippen LogP contribution in [0.3, 0.4) is 0 Å². The van der Waals surface area contributed by atoms with Crippen LogP contribution in [-0.2, 0) is 10.9 Å². The van der Waals surface area contributed by atoms with Crippen molar-refractivity contribution in [2.24, 2.45) is 0 Å². The Morgan fingerprint density at radius 3 is 2.69 bits per heavy atom. The monoisotopic (exact) mass is 601 g/mol. The van der Waals surface area contributed by atoms with Crippen LogP contribution in [0, 0.1) is 0 Å². The largest absolute Gasteiger partial charge is 0.444 e. The van der Waals surface area contributed by atoms with E-state index < -0.39 is 29.6 Å². The Morgan fingerprint density at radius 2 is 1.95 bits per heavy atom. The SMILES string of the molecule is C[C@H](Nc1nc(C(F)(F)F)ccc1-c1cc(Oc2cccc3sc(N)nc23)ncn1)[C@@H]1CCCN1C(=O)OC(C)(C)C. The maximum atomic E-state index is 13.7. The van der Waals surface area contributed by atoms with E-state index >= 15 is 0 Å². The maximum Gasteiger partial charge on any atom is 0.433 e. The number of alkyl halides is 3. The Morgan fingerprint density at radius 1 is 1.17 bits per heavy atom. The smallest absolute Gasteiger partial charge is 0.433 e. The number of benzene rings is 1. The standard InChI is InChI=1S/C28H30F3N7O3S/c1-15(18-7-6-12-38(18)26(39)41-27(2,3)4)35-24-16(10-11-21(36-24)28(29,30)31)17-13-22(34-14-33-17)40-19-8-5-9-20-23(19)37-25(32)42-20/h5,8-11,13-15,18H,6-7,12H2,1-4H3,(H2,32,37)(H,35,36)/t15-,18-/m0/s1. The Balaban J connectivity index is 1.45. The van der Waals surface area contributed by atoms with E-state index in [1.165, 1.54) is 29.8 Å². The minimum absolute atomic E-state index is 0.0348. The molecule has 1 aliphatic rings. The van der Waals surface area contributed by atoms with Gasteiger partial charge < -0.3 is 25.4 Å². The molecule has 4 heterocycles. The van der Waals surface area contributed by atoms with E-state index in [2.05, 4.69) is 25.3 Å². The van der Waals surface area contributed by atoms with Crippen LogP contribution in [0.5, 0.6) is 11.6 Å². The van der Waals surface area contributed by atoms with Gasteiger partial charge in [-0.05, 0) is 64.8 Å². The Bertz CT molecular complexity index is 1610. The number of likely N-dealkylation sites (tertiary alicyclic amines) is 1. The second-order valence-corrected chi connectivity index (χ2v) is 12.0. The fraction of sp³-hybridized carbons (Fsp3) is 0.393. The number of anilines is 2. The van der Waals surface area contributed by atoms with Crippen molar-refractivity contribution in [2.75, 3.05) is 17.6 Å². The minimum atomic E-state index is -4.66. The lowest BCUT2D eigenvalue weighted by atomic mass is 10.1. The number of carbonyl (C=O) groups excluding carboxylic acids is 1. The quantitative estimate of drug-likeness (QED) is 0.247. The topological polar surface area (TPSA) is 128 Å². The molecule has 0 spiro atoms. The molecule has 1 saturated heterocycles. The van der Waals surface area contributed by atoms with Crippen molar-refractivity contribution in [2.45, 2.75) is 64.4 Å². The molecule has 1 aromatic carbocycles. The predicted molar refractivity (Wildman–Crippen MR) is 153 cm³/mol. The van der Waals surface area contributed by atoms with Gasteiger partial charge >= 0.3 is 12.3 Å². The second kappa shape index (κ2) is 11.2. The summed E-state index contributed by atoms with van der Waals surface area (Å²) in [7, 11) is 0. The van der Waals surface area contributed by atoms with Gasteiger partial charge in [-0.2, -0.15) is 13.2 Å². The van der Waals surface area contributed by atoms with Gasteiger partial charge in [-0.1, -0.05) is 17.4 Å². The molecule has 3 aromatic heterocycles. The Hall–Kier alpha value is -4.20. The summed E-state index contributed by atoms with van der Waals surface area (Å²) in [6.45, 7) is 7.63. The highest BCUT2D eigenvalue weighted by atomic mass is 32.1. The lowest BCUT2D eigenvalue weighted by Crippen LogP contribution is -2.46. The van der Waals surface area contributed by atoms with Gasteiger partial charge in [0.2, 0.25) is 5.88 Å². The summed E-state index contributed by atoms with van der Waals surface area (Å²) in [5.74, 6) is 0.545. The average Bonchev–Trinajstić information content (AvgIpc) is 3.54. The van der Waals surface area contributed by atoms with Crippen molar-refractivity contribution in [1.29, 1.82) is 0 Å². The van der Waals surface area contributed by atoms with Crippen LogP contribution < -0.4 is 15.8 Å². The van der Waals surface area contributed by atoms with Crippen LogP contribution in [-0.4, -0.2) is 55.2 Å². The van der Waals surface area contributed by atoms with Gasteiger partial charge in [0.25, 0.3) is 0 Å². The first kappa shape index (κ1) is 29.3. The number of amides is 1. The van der Waals surface area contributed by atoms with Crippen molar-refractivity contribution in [3.63, 3.8) is 0 Å². The zero-order chi connectivity index (χ0) is 30.2. The van der Waals surface area contributed by atoms with E-state index in [1.807, 2.05) is 6.07 Å². The lowest BCUT2D eigenvalue weighted by Gasteiger charge is -2.32. The molecule has 5 rings (SSSR count). The van der Waals surface area contributed by atoms with Crippen molar-refractivity contribution in [3.8, 4) is 22.9 Å². The van der Waals surface area contributed by atoms with Gasteiger partial charge in [-0.15, -0.1) is 0 Å². The molecule has 10 nitrogen and oxygen atoms in total. The zero-order valence-corrected chi connectivity index (χ0v) is 24.2. The van der Waals surface area contributed by atoms with Gasteiger partial charge in [0, 0.05) is 24.2 Å². The highest BCUT2D eigenvalue weighted by Gasteiger charge is 2.37. The summed E-state index contributed by atoms with van der Waals surface area (Å²) >= 11 is 1.32.